The largest absolute Gasteiger partial charge is 0.497 e. The topological polar surface area (TPSA) is 150 Å². The van der Waals surface area contributed by atoms with Gasteiger partial charge in [-0.15, -0.1) is 0 Å². The molecule has 1 rings (SSSR count). The van der Waals surface area contributed by atoms with Gasteiger partial charge in [-0.2, -0.15) is 0 Å². The number of rotatable bonds is 8. The molecule has 0 aliphatic heterocycles. The van der Waals surface area contributed by atoms with Crippen molar-refractivity contribution in [2.75, 3.05) is 7.11 Å². The smallest absolute Gasteiger partial charge is 0.340 e. The first-order valence-electron chi connectivity index (χ1n) is 7.54. The summed E-state index contributed by atoms with van der Waals surface area (Å²) < 4.78 is 31.2. The number of amides is 1. The summed E-state index contributed by atoms with van der Waals surface area (Å²) in [6, 6.07) is 5.19. The normalized spacial score (nSPS) is 16.7. The minimum atomic E-state index is -4.56. The van der Waals surface area contributed by atoms with Crippen molar-refractivity contribution in [1.82, 2.24) is 0 Å². The molecule has 0 saturated carbocycles. The van der Waals surface area contributed by atoms with Crippen LogP contribution in [-0.2, 0) is 19.4 Å². The van der Waals surface area contributed by atoms with E-state index in [9.17, 15) is 23.1 Å². The highest BCUT2D eigenvalue weighted by Crippen LogP contribution is 2.46. The molecule has 0 heterocycles. The van der Waals surface area contributed by atoms with Crippen LogP contribution in [0.3, 0.4) is 0 Å². The Balaban J connectivity index is 3.69. The van der Waals surface area contributed by atoms with Crippen molar-refractivity contribution in [2.24, 2.45) is 22.8 Å². The van der Waals surface area contributed by atoms with E-state index in [4.69, 9.17) is 16.2 Å². The molecule has 0 aliphatic rings. The molecular formula is C16H24N2O6S. The number of carboxylic acids is 1. The minimum Gasteiger partial charge on any atom is -0.497 e. The van der Waals surface area contributed by atoms with Crippen LogP contribution < -0.4 is 16.2 Å². The van der Waals surface area contributed by atoms with Crippen LogP contribution in [-0.4, -0.2) is 37.4 Å². The Labute approximate surface area is 147 Å². The lowest BCUT2D eigenvalue weighted by Crippen LogP contribution is -2.67. The Morgan fingerprint density at radius 2 is 1.72 bits per heavy atom. The Kier molecular flexibility index (Phi) is 5.86. The number of hydrogen-bond acceptors (Lipinski definition) is 6. The van der Waals surface area contributed by atoms with Gasteiger partial charge in [0, 0.05) is 11.8 Å². The fourth-order valence-corrected chi connectivity index (χ4v) is 4.75. The van der Waals surface area contributed by atoms with Crippen LogP contribution in [0.5, 0.6) is 5.75 Å². The minimum absolute atomic E-state index is 0.283. The maximum Gasteiger partial charge on any atom is 0.340 e. The van der Waals surface area contributed by atoms with Crippen molar-refractivity contribution in [3.8, 4) is 5.75 Å². The number of carbonyl (C=O) groups is 2. The average molecular weight is 372 g/mol. The highest BCUT2D eigenvalue weighted by atomic mass is 32.2. The van der Waals surface area contributed by atoms with E-state index in [1.165, 1.54) is 38.3 Å². The molecule has 140 valence electrons. The fourth-order valence-electron chi connectivity index (χ4n) is 2.73. The SMILES string of the molecule is COc1ccc(S(=O)(=O)C(N)(C(=O)O)C(C)(CC(N)=O)C(C)C)cc1. The molecule has 2 unspecified atom stereocenters. The summed E-state index contributed by atoms with van der Waals surface area (Å²) in [7, 11) is -3.14. The molecule has 1 aromatic carbocycles. The first-order valence-corrected chi connectivity index (χ1v) is 9.02. The first-order chi connectivity index (χ1) is 11.3. The van der Waals surface area contributed by atoms with E-state index in [0.717, 1.165) is 0 Å². The van der Waals surface area contributed by atoms with Crippen molar-refractivity contribution in [2.45, 2.75) is 37.0 Å². The number of carboxylic acid groups (broad SMARTS) is 1. The molecule has 0 bridgehead atoms. The molecule has 2 atom stereocenters. The van der Waals surface area contributed by atoms with Crippen molar-refractivity contribution in [3.05, 3.63) is 24.3 Å². The lowest BCUT2D eigenvalue weighted by molar-refractivity contribution is -0.145. The van der Waals surface area contributed by atoms with E-state index in [1.54, 1.807) is 13.8 Å². The van der Waals surface area contributed by atoms with Crippen LogP contribution in [0, 0.1) is 11.3 Å². The van der Waals surface area contributed by atoms with E-state index in [-0.39, 0.29) is 4.90 Å². The summed E-state index contributed by atoms with van der Waals surface area (Å²) in [5, 5.41) is 9.75. The number of methoxy groups -OCH3 is 1. The Bertz CT molecular complexity index is 759. The molecule has 25 heavy (non-hydrogen) atoms. The summed E-state index contributed by atoms with van der Waals surface area (Å²) in [6.45, 7) is 4.53. The summed E-state index contributed by atoms with van der Waals surface area (Å²) in [5.41, 5.74) is 9.62. The predicted molar refractivity (Wildman–Crippen MR) is 91.5 cm³/mol. The van der Waals surface area contributed by atoms with Crippen LogP contribution in [0.1, 0.15) is 27.2 Å². The van der Waals surface area contributed by atoms with Gasteiger partial charge in [-0.05, 0) is 30.2 Å². The van der Waals surface area contributed by atoms with Gasteiger partial charge in [0.2, 0.25) is 20.6 Å². The number of aliphatic carboxylic acids is 1. The van der Waals surface area contributed by atoms with Crippen molar-refractivity contribution >= 4 is 21.7 Å². The number of hydrogen-bond donors (Lipinski definition) is 3. The fraction of sp³-hybridized carbons (Fsp3) is 0.500. The van der Waals surface area contributed by atoms with Gasteiger partial charge in [0.1, 0.15) is 5.75 Å². The van der Waals surface area contributed by atoms with E-state index in [0.29, 0.717) is 5.75 Å². The Morgan fingerprint density at radius 1 is 1.24 bits per heavy atom. The third kappa shape index (κ3) is 3.34. The molecule has 9 heteroatoms. The van der Waals surface area contributed by atoms with Gasteiger partial charge in [0.25, 0.3) is 0 Å². The van der Waals surface area contributed by atoms with Gasteiger partial charge in [-0.25, -0.2) is 13.2 Å². The van der Waals surface area contributed by atoms with Crippen molar-refractivity contribution in [1.29, 1.82) is 0 Å². The molecule has 0 saturated heterocycles. The molecule has 1 amide bonds. The van der Waals surface area contributed by atoms with Crippen LogP contribution in [0.4, 0.5) is 0 Å². The zero-order chi connectivity index (χ0) is 19.6. The van der Waals surface area contributed by atoms with Gasteiger partial charge in [-0.1, -0.05) is 20.8 Å². The quantitative estimate of drug-likeness (QED) is 0.609. The van der Waals surface area contributed by atoms with Gasteiger partial charge in [0.15, 0.2) is 0 Å². The Hall–Kier alpha value is -2.13. The van der Waals surface area contributed by atoms with E-state index >= 15 is 0 Å². The summed E-state index contributed by atoms with van der Waals surface area (Å²) in [6.07, 6.45) is -0.497. The zero-order valence-corrected chi connectivity index (χ0v) is 15.5. The lowest BCUT2D eigenvalue weighted by atomic mass is 9.70. The summed E-state index contributed by atoms with van der Waals surface area (Å²) in [5.74, 6) is -2.74. The highest BCUT2D eigenvalue weighted by molar-refractivity contribution is 7.93. The van der Waals surface area contributed by atoms with E-state index in [2.05, 4.69) is 0 Å². The molecule has 1 aromatic rings. The second-order valence-electron chi connectivity index (χ2n) is 6.44. The number of nitrogens with two attached hydrogens (primary N) is 2. The second kappa shape index (κ2) is 7.01. The van der Waals surface area contributed by atoms with Crippen LogP contribution in [0.2, 0.25) is 0 Å². The zero-order valence-electron chi connectivity index (χ0n) is 14.6. The monoisotopic (exact) mass is 372 g/mol. The maximum absolute atomic E-state index is 13.1. The second-order valence-corrected chi connectivity index (χ2v) is 8.56. The maximum atomic E-state index is 13.1. The highest BCUT2D eigenvalue weighted by Gasteiger charge is 2.62. The molecule has 0 aromatic heterocycles. The third-order valence-electron chi connectivity index (χ3n) is 4.78. The molecule has 8 nitrogen and oxygen atoms in total. The van der Waals surface area contributed by atoms with Gasteiger partial charge in [0.05, 0.1) is 12.0 Å². The molecule has 0 spiro atoms. The summed E-state index contributed by atoms with van der Waals surface area (Å²) in [4.78, 5) is 20.5. The van der Waals surface area contributed by atoms with E-state index < -0.39 is 44.3 Å². The van der Waals surface area contributed by atoms with Crippen LogP contribution >= 0.6 is 0 Å². The molecule has 5 N–H and O–H groups in total. The number of ether oxygens (including phenoxy) is 1. The Morgan fingerprint density at radius 3 is 2.04 bits per heavy atom. The van der Waals surface area contributed by atoms with Crippen LogP contribution in [0.25, 0.3) is 0 Å². The molecular weight excluding hydrogens is 348 g/mol. The van der Waals surface area contributed by atoms with Gasteiger partial charge < -0.3 is 21.3 Å². The van der Waals surface area contributed by atoms with Gasteiger partial charge >= 0.3 is 5.97 Å². The van der Waals surface area contributed by atoms with Crippen molar-refractivity contribution in [3.63, 3.8) is 0 Å². The first kappa shape index (κ1) is 20.9. The average Bonchev–Trinajstić information content (AvgIpc) is 2.52. The number of carbonyl (C=O) groups excluding carboxylic acids is 1. The third-order valence-corrected chi connectivity index (χ3v) is 7.16. The number of primary amides is 1. The predicted octanol–water partition coefficient (Wildman–Crippen LogP) is 0.746. The number of sulfone groups is 1. The van der Waals surface area contributed by atoms with Crippen LogP contribution in [0.15, 0.2) is 29.2 Å². The molecule has 0 aliphatic carbocycles. The number of benzene rings is 1. The van der Waals surface area contributed by atoms with Crippen molar-refractivity contribution < 1.29 is 27.9 Å². The molecule has 0 fully saturated rings. The lowest BCUT2D eigenvalue weighted by Gasteiger charge is -2.44. The summed E-state index contributed by atoms with van der Waals surface area (Å²) >= 11 is 0. The molecule has 0 radical (unpaired) electrons. The van der Waals surface area contributed by atoms with E-state index in [1.807, 2.05) is 0 Å². The van der Waals surface area contributed by atoms with Gasteiger partial charge in [-0.3, -0.25) is 4.79 Å². The standard InChI is InChI=1S/C16H24N2O6S/c1-10(2)15(3,9-13(17)19)16(18,14(20)21)25(22,23)12-7-5-11(24-4)6-8-12/h5-8,10H,9,18H2,1-4H3,(H2,17,19)(H,20,21).